The number of nitrogens with one attached hydrogen (secondary N) is 1. The Bertz CT molecular complexity index is 787. The van der Waals surface area contributed by atoms with Gasteiger partial charge in [0.15, 0.2) is 28.8 Å². The van der Waals surface area contributed by atoms with Gasteiger partial charge < -0.3 is 25.7 Å². The molecule has 0 aliphatic carbocycles. The molecule has 1 heterocycles. The van der Waals surface area contributed by atoms with Crippen molar-refractivity contribution in [2.24, 2.45) is 0 Å². The third-order valence-corrected chi connectivity index (χ3v) is 4.23. The molecule has 23 heavy (non-hydrogen) atoms. The minimum Gasteiger partial charge on any atom is -0.504 e. The fourth-order valence-electron chi connectivity index (χ4n) is 3.07. The summed E-state index contributed by atoms with van der Waals surface area (Å²) in [6.07, 6.45) is 0. The molecule has 0 saturated heterocycles. The van der Waals surface area contributed by atoms with Crippen LogP contribution in [0, 0.1) is 0 Å². The quantitative estimate of drug-likeness (QED) is 0.541. The molecule has 1 aliphatic rings. The number of phenolic OH excluding ortho intramolecular Hbond substituents is 4. The Labute approximate surface area is 132 Å². The normalized spacial score (nSPS) is 20.0. The van der Waals surface area contributed by atoms with E-state index in [1.165, 1.54) is 25.1 Å². The summed E-state index contributed by atoms with van der Waals surface area (Å²) in [6, 6.07) is 6.85. The fraction of sp³-hybridized carbons (Fsp3) is 0.235. The average Bonchev–Trinajstić information content (AvgIpc) is 2.52. The molecule has 0 fully saturated rings. The van der Waals surface area contributed by atoms with Crippen LogP contribution in [0.4, 0.5) is 0 Å². The van der Waals surface area contributed by atoms with E-state index < -0.39 is 6.04 Å². The number of fused-ring (bicyclic) bond motifs is 1. The van der Waals surface area contributed by atoms with Crippen molar-refractivity contribution in [3.05, 3.63) is 47.0 Å². The SMILES string of the molecule is CC(=O)[C@@H]1NCC(c2ccc(O)c(O)c2)c2ccc(O)c(O)c21. The molecule has 0 saturated carbocycles. The van der Waals surface area contributed by atoms with Crippen LogP contribution < -0.4 is 5.32 Å². The first-order chi connectivity index (χ1) is 10.9. The van der Waals surface area contributed by atoms with Gasteiger partial charge in [0.05, 0.1) is 6.04 Å². The number of Topliss-reactive ketones (excluding diaryl/α,β-unsaturated/α-hetero) is 1. The molecule has 2 atom stereocenters. The molecule has 0 spiro atoms. The Balaban J connectivity index is 2.16. The first-order valence-corrected chi connectivity index (χ1v) is 7.20. The lowest BCUT2D eigenvalue weighted by Gasteiger charge is -2.32. The minimum atomic E-state index is -0.695. The van der Waals surface area contributed by atoms with E-state index in [0.717, 1.165) is 5.56 Å². The summed E-state index contributed by atoms with van der Waals surface area (Å²) in [5, 5.41) is 42.2. The Kier molecular flexibility index (Phi) is 3.61. The summed E-state index contributed by atoms with van der Waals surface area (Å²) in [7, 11) is 0. The van der Waals surface area contributed by atoms with Crippen LogP contribution in [0.1, 0.15) is 35.6 Å². The highest BCUT2D eigenvalue weighted by Crippen LogP contribution is 2.44. The van der Waals surface area contributed by atoms with Crippen LogP contribution in [-0.4, -0.2) is 32.8 Å². The van der Waals surface area contributed by atoms with E-state index in [2.05, 4.69) is 5.32 Å². The van der Waals surface area contributed by atoms with E-state index in [9.17, 15) is 25.2 Å². The second kappa shape index (κ2) is 5.48. The predicted octanol–water partition coefficient (Wildman–Crippen LogP) is 1.87. The summed E-state index contributed by atoms with van der Waals surface area (Å²) in [4.78, 5) is 11.8. The van der Waals surface area contributed by atoms with Crippen LogP contribution in [0.5, 0.6) is 23.0 Å². The number of hydrogen-bond donors (Lipinski definition) is 5. The first-order valence-electron chi connectivity index (χ1n) is 7.20. The fourth-order valence-corrected chi connectivity index (χ4v) is 3.07. The van der Waals surface area contributed by atoms with E-state index in [-0.39, 0.29) is 34.7 Å². The molecule has 120 valence electrons. The van der Waals surface area contributed by atoms with Crippen LogP contribution in [-0.2, 0) is 4.79 Å². The first kappa shape index (κ1) is 15.2. The lowest BCUT2D eigenvalue weighted by Crippen LogP contribution is -2.37. The van der Waals surface area contributed by atoms with Gasteiger partial charge in [-0.3, -0.25) is 4.79 Å². The lowest BCUT2D eigenvalue weighted by molar-refractivity contribution is -0.119. The molecule has 0 bridgehead atoms. The second-order valence-corrected chi connectivity index (χ2v) is 5.69. The number of aromatic hydroxyl groups is 4. The molecule has 2 aromatic carbocycles. The molecule has 3 rings (SSSR count). The highest BCUT2D eigenvalue weighted by Gasteiger charge is 2.33. The van der Waals surface area contributed by atoms with Gasteiger partial charge in [0, 0.05) is 18.0 Å². The zero-order chi connectivity index (χ0) is 16.7. The topological polar surface area (TPSA) is 110 Å². The molecule has 6 nitrogen and oxygen atoms in total. The molecule has 0 aromatic heterocycles. The Morgan fingerprint density at radius 1 is 1.04 bits per heavy atom. The summed E-state index contributed by atoms with van der Waals surface area (Å²) in [5.41, 5.74) is 1.77. The van der Waals surface area contributed by atoms with Gasteiger partial charge in [0.2, 0.25) is 0 Å². The second-order valence-electron chi connectivity index (χ2n) is 5.69. The molecule has 6 heteroatoms. The van der Waals surface area contributed by atoms with Crippen LogP contribution in [0.2, 0.25) is 0 Å². The lowest BCUT2D eigenvalue weighted by atomic mass is 9.81. The highest BCUT2D eigenvalue weighted by molar-refractivity contribution is 5.85. The van der Waals surface area contributed by atoms with Crippen molar-refractivity contribution >= 4 is 5.78 Å². The predicted molar refractivity (Wildman–Crippen MR) is 82.8 cm³/mol. The molecular formula is C17H17NO5. The molecule has 1 unspecified atom stereocenters. The smallest absolute Gasteiger partial charge is 0.163 e. The van der Waals surface area contributed by atoms with Crippen molar-refractivity contribution in [2.45, 2.75) is 18.9 Å². The number of phenols is 4. The van der Waals surface area contributed by atoms with E-state index in [0.29, 0.717) is 17.7 Å². The van der Waals surface area contributed by atoms with Crippen molar-refractivity contribution in [3.63, 3.8) is 0 Å². The zero-order valence-corrected chi connectivity index (χ0v) is 12.4. The Morgan fingerprint density at radius 3 is 2.39 bits per heavy atom. The van der Waals surface area contributed by atoms with Gasteiger partial charge in [0.1, 0.15) is 0 Å². The minimum absolute atomic E-state index is 0.167. The van der Waals surface area contributed by atoms with Crippen LogP contribution in [0.25, 0.3) is 0 Å². The van der Waals surface area contributed by atoms with E-state index in [4.69, 9.17) is 0 Å². The molecule has 5 N–H and O–H groups in total. The van der Waals surface area contributed by atoms with E-state index in [1.807, 2.05) is 0 Å². The van der Waals surface area contributed by atoms with Gasteiger partial charge in [-0.2, -0.15) is 0 Å². The summed E-state index contributed by atoms with van der Waals surface area (Å²) >= 11 is 0. The van der Waals surface area contributed by atoms with Gasteiger partial charge in [0.25, 0.3) is 0 Å². The van der Waals surface area contributed by atoms with Crippen molar-refractivity contribution in [1.29, 1.82) is 0 Å². The highest BCUT2D eigenvalue weighted by atomic mass is 16.3. The van der Waals surface area contributed by atoms with Gasteiger partial charge in [-0.15, -0.1) is 0 Å². The zero-order valence-electron chi connectivity index (χ0n) is 12.4. The van der Waals surface area contributed by atoms with Crippen molar-refractivity contribution in [3.8, 4) is 23.0 Å². The molecule has 1 aliphatic heterocycles. The van der Waals surface area contributed by atoms with Gasteiger partial charge >= 0.3 is 0 Å². The maximum absolute atomic E-state index is 11.8. The number of hydrogen-bond acceptors (Lipinski definition) is 6. The molecule has 2 aromatic rings. The van der Waals surface area contributed by atoms with Crippen LogP contribution in [0.15, 0.2) is 30.3 Å². The Hall–Kier alpha value is -2.73. The number of benzene rings is 2. The standard InChI is InChI=1S/C17H17NO5/c1-8(19)16-15-10(3-5-13(21)17(15)23)11(7-18-16)9-2-4-12(20)14(22)6-9/h2-6,11,16,18,20-23H,7H2,1H3/t11?,16-/m0/s1. The average molecular weight is 315 g/mol. The number of carbonyl (C=O) groups excluding carboxylic acids is 1. The number of ketones is 1. The van der Waals surface area contributed by atoms with Gasteiger partial charge in [-0.1, -0.05) is 12.1 Å². The maximum atomic E-state index is 11.8. The monoisotopic (exact) mass is 315 g/mol. The largest absolute Gasteiger partial charge is 0.504 e. The van der Waals surface area contributed by atoms with Crippen molar-refractivity contribution in [2.75, 3.05) is 6.54 Å². The van der Waals surface area contributed by atoms with Crippen LogP contribution in [0.3, 0.4) is 0 Å². The van der Waals surface area contributed by atoms with Crippen LogP contribution >= 0.6 is 0 Å². The molecule has 0 amide bonds. The third kappa shape index (κ3) is 2.47. The van der Waals surface area contributed by atoms with Crippen molar-refractivity contribution in [1.82, 2.24) is 5.32 Å². The van der Waals surface area contributed by atoms with Gasteiger partial charge in [-0.05, 0) is 36.2 Å². The summed E-state index contributed by atoms with van der Waals surface area (Å²) < 4.78 is 0. The van der Waals surface area contributed by atoms with Gasteiger partial charge in [-0.25, -0.2) is 0 Å². The number of rotatable bonds is 2. The summed E-state index contributed by atoms with van der Waals surface area (Å²) in [5.74, 6) is -1.46. The maximum Gasteiger partial charge on any atom is 0.163 e. The Morgan fingerprint density at radius 2 is 1.74 bits per heavy atom. The third-order valence-electron chi connectivity index (χ3n) is 4.23. The van der Waals surface area contributed by atoms with Crippen molar-refractivity contribution < 1.29 is 25.2 Å². The summed E-state index contributed by atoms with van der Waals surface area (Å²) in [6.45, 7) is 1.84. The van der Waals surface area contributed by atoms with E-state index >= 15 is 0 Å². The number of carbonyl (C=O) groups is 1. The van der Waals surface area contributed by atoms with E-state index in [1.54, 1.807) is 12.1 Å². The molecular weight excluding hydrogens is 298 g/mol. The molecule has 0 radical (unpaired) electrons.